The number of nitrogens with one attached hydrogen (secondary N) is 1. The zero-order valence-corrected chi connectivity index (χ0v) is 14.8. The van der Waals surface area contributed by atoms with Crippen LogP contribution in [-0.2, 0) is 0 Å². The molecular formula is C18H31ClN2. The van der Waals surface area contributed by atoms with Gasteiger partial charge in [-0.25, -0.2) is 0 Å². The number of hydrogen-bond donors (Lipinski definition) is 1. The molecule has 0 heterocycles. The molecule has 0 aromatic heterocycles. The molecule has 0 aliphatic rings. The highest BCUT2D eigenvalue weighted by Crippen LogP contribution is 2.20. The summed E-state index contributed by atoms with van der Waals surface area (Å²) in [5, 5.41) is 4.48. The molecule has 1 rings (SSSR count). The van der Waals surface area contributed by atoms with Crippen LogP contribution in [0.25, 0.3) is 0 Å². The van der Waals surface area contributed by atoms with Gasteiger partial charge in [-0.05, 0) is 56.1 Å². The SMILES string of the molecule is CCCNC(CCN(CC)CC(C)C)c1ccc(Cl)cc1. The van der Waals surface area contributed by atoms with E-state index in [0.717, 1.165) is 43.4 Å². The maximum Gasteiger partial charge on any atom is 0.0406 e. The van der Waals surface area contributed by atoms with Gasteiger partial charge in [0.1, 0.15) is 0 Å². The van der Waals surface area contributed by atoms with Crippen LogP contribution in [-0.4, -0.2) is 31.1 Å². The smallest absolute Gasteiger partial charge is 0.0406 e. The number of benzene rings is 1. The van der Waals surface area contributed by atoms with Gasteiger partial charge >= 0.3 is 0 Å². The normalized spacial score (nSPS) is 13.1. The number of halogens is 1. The predicted octanol–water partition coefficient (Wildman–Crippen LogP) is 4.75. The Labute approximate surface area is 135 Å². The van der Waals surface area contributed by atoms with Gasteiger partial charge in [-0.3, -0.25) is 0 Å². The predicted molar refractivity (Wildman–Crippen MR) is 94.1 cm³/mol. The van der Waals surface area contributed by atoms with Crippen molar-refractivity contribution >= 4 is 11.6 Å². The molecule has 1 atom stereocenters. The summed E-state index contributed by atoms with van der Waals surface area (Å²) in [5.41, 5.74) is 1.34. The van der Waals surface area contributed by atoms with Crippen LogP contribution in [0.2, 0.25) is 5.02 Å². The third-order valence-electron chi connectivity index (χ3n) is 3.72. The lowest BCUT2D eigenvalue weighted by molar-refractivity contribution is 0.241. The molecule has 2 nitrogen and oxygen atoms in total. The summed E-state index contributed by atoms with van der Waals surface area (Å²) in [5.74, 6) is 0.725. The first-order valence-corrected chi connectivity index (χ1v) is 8.65. The molecule has 0 bridgehead atoms. The fourth-order valence-electron chi connectivity index (χ4n) is 2.61. The second-order valence-electron chi connectivity index (χ2n) is 6.13. The molecule has 1 aromatic rings. The van der Waals surface area contributed by atoms with Gasteiger partial charge in [0.15, 0.2) is 0 Å². The second kappa shape index (κ2) is 10.2. The molecule has 0 amide bonds. The van der Waals surface area contributed by atoms with Gasteiger partial charge in [-0.15, -0.1) is 0 Å². The minimum atomic E-state index is 0.420. The number of rotatable bonds is 10. The molecule has 21 heavy (non-hydrogen) atoms. The fraction of sp³-hybridized carbons (Fsp3) is 0.667. The molecular weight excluding hydrogens is 280 g/mol. The molecule has 1 aromatic carbocycles. The summed E-state index contributed by atoms with van der Waals surface area (Å²) in [7, 11) is 0. The molecule has 1 N–H and O–H groups in total. The highest BCUT2D eigenvalue weighted by Gasteiger charge is 2.13. The van der Waals surface area contributed by atoms with Crippen molar-refractivity contribution in [2.45, 2.75) is 46.6 Å². The Hall–Kier alpha value is -0.570. The van der Waals surface area contributed by atoms with Crippen LogP contribution >= 0.6 is 11.6 Å². The van der Waals surface area contributed by atoms with E-state index < -0.39 is 0 Å². The summed E-state index contributed by atoms with van der Waals surface area (Å²) in [4.78, 5) is 2.54. The largest absolute Gasteiger partial charge is 0.310 e. The van der Waals surface area contributed by atoms with Crippen LogP contribution < -0.4 is 5.32 Å². The molecule has 1 unspecified atom stereocenters. The van der Waals surface area contributed by atoms with Crippen LogP contribution in [0.3, 0.4) is 0 Å². The average Bonchev–Trinajstić information content (AvgIpc) is 2.46. The van der Waals surface area contributed by atoms with Crippen LogP contribution in [0.5, 0.6) is 0 Å². The summed E-state index contributed by atoms with van der Waals surface area (Å²) in [6.07, 6.45) is 2.30. The standard InChI is InChI=1S/C18H31ClN2/c1-5-12-20-18(16-7-9-17(19)10-8-16)11-13-21(6-2)14-15(3)4/h7-10,15,18,20H,5-6,11-14H2,1-4H3. The van der Waals surface area contributed by atoms with E-state index in [-0.39, 0.29) is 0 Å². The van der Waals surface area contributed by atoms with Gasteiger partial charge in [0, 0.05) is 17.6 Å². The zero-order valence-electron chi connectivity index (χ0n) is 14.0. The van der Waals surface area contributed by atoms with Crippen molar-refractivity contribution < 1.29 is 0 Å². The maximum atomic E-state index is 6.00. The summed E-state index contributed by atoms with van der Waals surface area (Å²) in [6.45, 7) is 13.5. The molecule has 0 spiro atoms. The van der Waals surface area contributed by atoms with Crippen LogP contribution in [0.4, 0.5) is 0 Å². The summed E-state index contributed by atoms with van der Waals surface area (Å²) in [6, 6.07) is 8.69. The first-order chi connectivity index (χ1) is 10.1. The fourth-order valence-corrected chi connectivity index (χ4v) is 2.73. The Balaban J connectivity index is 2.62. The molecule has 120 valence electrons. The Kier molecular flexibility index (Phi) is 8.98. The van der Waals surface area contributed by atoms with Crippen molar-refractivity contribution in [3.8, 4) is 0 Å². The number of hydrogen-bond acceptors (Lipinski definition) is 2. The van der Waals surface area contributed by atoms with E-state index in [9.17, 15) is 0 Å². The highest BCUT2D eigenvalue weighted by molar-refractivity contribution is 6.30. The van der Waals surface area contributed by atoms with Crippen molar-refractivity contribution in [2.24, 2.45) is 5.92 Å². The van der Waals surface area contributed by atoms with Crippen LogP contribution in [0.1, 0.15) is 52.1 Å². The maximum absolute atomic E-state index is 6.00. The van der Waals surface area contributed by atoms with E-state index in [1.165, 1.54) is 12.1 Å². The van der Waals surface area contributed by atoms with E-state index in [2.05, 4.69) is 50.0 Å². The average molecular weight is 311 g/mol. The Morgan fingerprint density at radius 3 is 2.33 bits per heavy atom. The quantitative estimate of drug-likeness (QED) is 0.671. The summed E-state index contributed by atoms with van der Waals surface area (Å²) < 4.78 is 0. The minimum absolute atomic E-state index is 0.420. The zero-order chi connectivity index (χ0) is 15.7. The van der Waals surface area contributed by atoms with E-state index in [4.69, 9.17) is 11.6 Å². The van der Waals surface area contributed by atoms with E-state index in [1.54, 1.807) is 0 Å². The first kappa shape index (κ1) is 18.5. The van der Waals surface area contributed by atoms with E-state index >= 15 is 0 Å². The molecule has 0 aliphatic heterocycles. The Morgan fingerprint density at radius 1 is 1.14 bits per heavy atom. The van der Waals surface area contributed by atoms with Gasteiger partial charge < -0.3 is 10.2 Å². The number of nitrogens with zero attached hydrogens (tertiary/aromatic N) is 1. The van der Waals surface area contributed by atoms with Gasteiger partial charge in [0.05, 0.1) is 0 Å². The van der Waals surface area contributed by atoms with Crippen molar-refractivity contribution in [3.05, 3.63) is 34.9 Å². The lowest BCUT2D eigenvalue weighted by Crippen LogP contribution is -2.32. The lowest BCUT2D eigenvalue weighted by atomic mass is 10.0. The topological polar surface area (TPSA) is 15.3 Å². The van der Waals surface area contributed by atoms with Crippen LogP contribution in [0.15, 0.2) is 24.3 Å². The third-order valence-corrected chi connectivity index (χ3v) is 3.97. The van der Waals surface area contributed by atoms with Crippen molar-refractivity contribution in [2.75, 3.05) is 26.2 Å². The lowest BCUT2D eigenvalue weighted by Gasteiger charge is -2.26. The molecule has 3 heteroatoms. The van der Waals surface area contributed by atoms with Crippen molar-refractivity contribution in [3.63, 3.8) is 0 Å². The minimum Gasteiger partial charge on any atom is -0.310 e. The Bertz CT molecular complexity index is 375. The molecule has 0 saturated carbocycles. The highest BCUT2D eigenvalue weighted by atomic mass is 35.5. The van der Waals surface area contributed by atoms with Gasteiger partial charge in [0.2, 0.25) is 0 Å². The van der Waals surface area contributed by atoms with Crippen molar-refractivity contribution in [1.82, 2.24) is 10.2 Å². The third kappa shape index (κ3) is 7.30. The molecule has 0 saturated heterocycles. The van der Waals surface area contributed by atoms with E-state index in [1.807, 2.05) is 12.1 Å². The van der Waals surface area contributed by atoms with Crippen LogP contribution in [0, 0.1) is 5.92 Å². The van der Waals surface area contributed by atoms with Gasteiger partial charge in [-0.2, -0.15) is 0 Å². The van der Waals surface area contributed by atoms with Gasteiger partial charge in [-0.1, -0.05) is 51.4 Å². The first-order valence-electron chi connectivity index (χ1n) is 8.28. The monoisotopic (exact) mass is 310 g/mol. The van der Waals surface area contributed by atoms with Gasteiger partial charge in [0.25, 0.3) is 0 Å². The van der Waals surface area contributed by atoms with E-state index in [0.29, 0.717) is 6.04 Å². The molecule has 0 radical (unpaired) electrons. The second-order valence-corrected chi connectivity index (χ2v) is 6.57. The Morgan fingerprint density at radius 2 is 1.81 bits per heavy atom. The molecule has 0 aliphatic carbocycles. The van der Waals surface area contributed by atoms with Crippen molar-refractivity contribution in [1.29, 1.82) is 0 Å². The molecule has 0 fully saturated rings. The summed E-state index contributed by atoms with van der Waals surface area (Å²) >= 11 is 6.00.